The first-order chi connectivity index (χ1) is 18.0. The van der Waals surface area contributed by atoms with Gasteiger partial charge in [0.1, 0.15) is 12.4 Å². The van der Waals surface area contributed by atoms with Gasteiger partial charge in [-0.1, -0.05) is 47.5 Å². The van der Waals surface area contributed by atoms with E-state index in [1.165, 1.54) is 13.8 Å². The summed E-state index contributed by atoms with van der Waals surface area (Å²) >= 11 is 19.5. The molecule has 0 spiro atoms. The molecule has 4 aromatic rings. The van der Waals surface area contributed by atoms with Crippen LogP contribution in [0.3, 0.4) is 0 Å². The van der Waals surface area contributed by atoms with E-state index in [0.29, 0.717) is 30.3 Å². The zero-order chi connectivity index (χ0) is 27.2. The Morgan fingerprint density at radius 3 is 2.32 bits per heavy atom. The minimum Gasteiger partial charge on any atom is -0.486 e. The van der Waals surface area contributed by atoms with E-state index in [-0.39, 0.29) is 6.61 Å². The Morgan fingerprint density at radius 1 is 1.00 bits per heavy atom. The van der Waals surface area contributed by atoms with Gasteiger partial charge in [-0.05, 0) is 73.3 Å². The molecule has 1 aliphatic heterocycles. The third kappa shape index (κ3) is 5.32. The average Bonchev–Trinajstić information content (AvgIpc) is 3.25. The molecule has 1 N–H and O–H groups in total. The Labute approximate surface area is 245 Å². The number of cyclic esters (lactones) is 2. The van der Waals surface area contributed by atoms with Crippen LogP contribution in [0.1, 0.15) is 36.5 Å². The molecule has 0 amide bonds. The number of aromatic nitrogens is 1. The molecule has 1 aliphatic rings. The van der Waals surface area contributed by atoms with Crippen molar-refractivity contribution in [3.05, 3.63) is 96.5 Å². The number of hydrogen-bond donors (Lipinski definition) is 1. The van der Waals surface area contributed by atoms with E-state index in [0.717, 1.165) is 22.0 Å². The Balaban J connectivity index is 1.56. The summed E-state index contributed by atoms with van der Waals surface area (Å²) in [6.07, 6.45) is 1.81. The van der Waals surface area contributed by atoms with Gasteiger partial charge in [0.2, 0.25) is 0 Å². The first-order valence-corrected chi connectivity index (χ1v) is 14.0. The highest BCUT2D eigenvalue weighted by atomic mass is 79.9. The standard InChI is InChI=1S/C28H21Br2Cl2NO5/c1-28(2)37-26(34)24(27(35)38-28)23(18-12-33-22-6-4-3-5-17(18)22)15-9-19(29)25(20(30)10-15)36-13-14-7-8-16(31)11-21(14)32/h3-12,23-24,33H,13H2,1-2H3/t23-/m0/s1. The first kappa shape index (κ1) is 27.1. The van der Waals surface area contributed by atoms with Gasteiger partial charge in [-0.25, -0.2) is 0 Å². The SMILES string of the molecule is CC1(C)OC(=O)C([C@@H](c2cc(Br)c(OCc3ccc(Cl)cc3Cl)c(Br)c2)c2c[nH]c3ccccc23)C(=O)O1. The molecule has 0 saturated carbocycles. The summed E-state index contributed by atoms with van der Waals surface area (Å²) in [4.78, 5) is 29.7. The normalized spacial score (nSPS) is 16.3. The van der Waals surface area contributed by atoms with Crippen LogP contribution in [0, 0.1) is 5.92 Å². The second-order valence-electron chi connectivity index (χ2n) is 9.33. The smallest absolute Gasteiger partial charge is 0.324 e. The van der Waals surface area contributed by atoms with E-state index in [1.807, 2.05) is 42.6 Å². The van der Waals surface area contributed by atoms with Crippen molar-refractivity contribution in [2.24, 2.45) is 5.92 Å². The lowest BCUT2D eigenvalue weighted by molar-refractivity contribution is -0.240. The summed E-state index contributed by atoms with van der Waals surface area (Å²) in [6.45, 7) is 3.27. The number of H-pyrrole nitrogens is 1. The zero-order valence-corrected chi connectivity index (χ0v) is 24.9. The summed E-state index contributed by atoms with van der Waals surface area (Å²) in [6, 6.07) is 16.6. The summed E-state index contributed by atoms with van der Waals surface area (Å²) in [7, 11) is 0. The van der Waals surface area contributed by atoms with Crippen LogP contribution in [0.15, 0.2) is 69.7 Å². The van der Waals surface area contributed by atoms with Crippen molar-refractivity contribution in [1.82, 2.24) is 4.98 Å². The number of hydrogen-bond acceptors (Lipinski definition) is 5. The molecule has 0 unspecified atom stereocenters. The first-order valence-electron chi connectivity index (χ1n) is 11.6. The maximum absolute atomic E-state index is 13.2. The number of benzene rings is 3. The number of nitrogens with one attached hydrogen (secondary N) is 1. The maximum Gasteiger partial charge on any atom is 0.324 e. The second-order valence-corrected chi connectivity index (χ2v) is 11.9. The Bertz CT molecular complexity index is 1530. The highest BCUT2D eigenvalue weighted by Gasteiger charge is 2.48. The molecule has 1 aromatic heterocycles. The lowest BCUT2D eigenvalue weighted by atomic mass is 9.80. The minimum atomic E-state index is -1.34. The largest absolute Gasteiger partial charge is 0.486 e. The summed E-state index contributed by atoms with van der Waals surface area (Å²) in [5.74, 6) is -4.00. The fourth-order valence-corrected chi connectivity index (χ4v) is 6.50. The topological polar surface area (TPSA) is 77.6 Å². The average molecular weight is 682 g/mol. The van der Waals surface area contributed by atoms with E-state index in [1.54, 1.807) is 18.2 Å². The van der Waals surface area contributed by atoms with Crippen molar-refractivity contribution in [3.8, 4) is 5.75 Å². The molecule has 1 fully saturated rings. The molecule has 10 heteroatoms. The van der Waals surface area contributed by atoms with Crippen LogP contribution in [0.2, 0.25) is 10.0 Å². The van der Waals surface area contributed by atoms with Crippen LogP contribution in [0.25, 0.3) is 10.9 Å². The third-order valence-electron chi connectivity index (χ3n) is 6.26. The van der Waals surface area contributed by atoms with Crippen LogP contribution >= 0.6 is 55.1 Å². The Hall–Kier alpha value is -2.52. The number of halogens is 4. The lowest BCUT2D eigenvalue weighted by Gasteiger charge is -2.36. The monoisotopic (exact) mass is 679 g/mol. The Kier molecular flexibility index (Phi) is 7.52. The van der Waals surface area contributed by atoms with Crippen molar-refractivity contribution in [1.29, 1.82) is 0 Å². The maximum atomic E-state index is 13.2. The number of esters is 2. The summed E-state index contributed by atoms with van der Waals surface area (Å²) in [5.41, 5.74) is 3.10. The predicted octanol–water partition coefficient (Wildman–Crippen LogP) is 8.16. The summed E-state index contributed by atoms with van der Waals surface area (Å²) < 4.78 is 18.3. The van der Waals surface area contributed by atoms with Crippen molar-refractivity contribution in [2.75, 3.05) is 0 Å². The van der Waals surface area contributed by atoms with Gasteiger partial charge < -0.3 is 19.2 Å². The molecule has 2 heterocycles. The zero-order valence-electron chi connectivity index (χ0n) is 20.2. The van der Waals surface area contributed by atoms with Crippen LogP contribution in [0.4, 0.5) is 0 Å². The molecule has 1 atom stereocenters. The fraction of sp³-hybridized carbons (Fsp3) is 0.214. The molecule has 0 radical (unpaired) electrons. The number of carbonyl (C=O) groups excluding carboxylic acids is 2. The van der Waals surface area contributed by atoms with Crippen molar-refractivity contribution >= 4 is 77.9 Å². The van der Waals surface area contributed by atoms with Gasteiger partial charge in [0.25, 0.3) is 5.79 Å². The van der Waals surface area contributed by atoms with Crippen LogP contribution < -0.4 is 4.74 Å². The van der Waals surface area contributed by atoms with Gasteiger partial charge in [0.05, 0.1) is 8.95 Å². The minimum absolute atomic E-state index is 0.203. The van der Waals surface area contributed by atoms with Crippen LogP contribution in [-0.2, 0) is 25.7 Å². The molecule has 196 valence electrons. The van der Waals surface area contributed by atoms with E-state index < -0.39 is 29.6 Å². The highest BCUT2D eigenvalue weighted by Crippen LogP contribution is 2.45. The number of para-hydroxylation sites is 1. The van der Waals surface area contributed by atoms with E-state index in [4.69, 9.17) is 37.4 Å². The molecule has 6 nitrogen and oxygen atoms in total. The van der Waals surface area contributed by atoms with Gasteiger partial charge in [0.15, 0.2) is 5.92 Å². The van der Waals surface area contributed by atoms with E-state index in [9.17, 15) is 9.59 Å². The quantitative estimate of drug-likeness (QED) is 0.164. The van der Waals surface area contributed by atoms with E-state index >= 15 is 0 Å². The Morgan fingerprint density at radius 2 is 1.66 bits per heavy atom. The van der Waals surface area contributed by atoms with E-state index in [2.05, 4.69) is 36.8 Å². The molecule has 0 aliphatic carbocycles. The molecule has 5 rings (SSSR count). The van der Waals surface area contributed by atoms with Crippen molar-refractivity contribution < 1.29 is 23.8 Å². The van der Waals surface area contributed by atoms with Gasteiger partial charge in [-0.15, -0.1) is 0 Å². The molecule has 38 heavy (non-hydrogen) atoms. The van der Waals surface area contributed by atoms with Gasteiger partial charge in [-0.2, -0.15) is 0 Å². The number of fused-ring (bicyclic) bond motifs is 1. The van der Waals surface area contributed by atoms with Gasteiger partial charge >= 0.3 is 11.9 Å². The number of rotatable bonds is 6. The number of carbonyl (C=O) groups is 2. The molecule has 3 aromatic carbocycles. The van der Waals surface area contributed by atoms with Gasteiger partial charge in [0, 0.05) is 52.5 Å². The van der Waals surface area contributed by atoms with Crippen molar-refractivity contribution in [2.45, 2.75) is 32.2 Å². The predicted molar refractivity (Wildman–Crippen MR) is 153 cm³/mol. The summed E-state index contributed by atoms with van der Waals surface area (Å²) in [5, 5.41) is 1.92. The number of ether oxygens (including phenoxy) is 3. The molecular weight excluding hydrogens is 661 g/mol. The lowest BCUT2D eigenvalue weighted by Crippen LogP contribution is -2.48. The van der Waals surface area contributed by atoms with Crippen molar-refractivity contribution in [3.63, 3.8) is 0 Å². The van der Waals surface area contributed by atoms with Crippen LogP contribution in [-0.4, -0.2) is 22.7 Å². The van der Waals surface area contributed by atoms with Crippen LogP contribution in [0.5, 0.6) is 5.75 Å². The highest BCUT2D eigenvalue weighted by molar-refractivity contribution is 9.11. The second kappa shape index (κ2) is 10.6. The molecule has 1 saturated heterocycles. The number of aromatic amines is 1. The fourth-order valence-electron chi connectivity index (χ4n) is 4.59. The molecule has 0 bridgehead atoms. The van der Waals surface area contributed by atoms with Gasteiger partial charge in [-0.3, -0.25) is 9.59 Å². The molecular formula is C28H21Br2Cl2NO5. The third-order valence-corrected chi connectivity index (χ3v) is 8.02.